The molecule has 0 saturated carbocycles. The molecule has 0 radical (unpaired) electrons. The van der Waals surface area contributed by atoms with Crippen molar-refractivity contribution in [3.63, 3.8) is 0 Å². The molecular weight excluding hydrogens is 289 g/mol. The number of rotatable bonds is 3. The van der Waals surface area contributed by atoms with Crippen molar-refractivity contribution in [2.24, 2.45) is 0 Å². The highest BCUT2D eigenvalue weighted by atomic mass is 79.9. The Kier molecular flexibility index (Phi) is 4.67. The fourth-order valence-corrected chi connectivity index (χ4v) is 3.17. The number of benzene rings is 1. The van der Waals surface area contributed by atoms with Crippen molar-refractivity contribution in [1.29, 1.82) is 0 Å². The third-order valence-corrected chi connectivity index (χ3v) is 4.60. The fraction of sp³-hybridized carbons (Fsp3) is 0.500. The third-order valence-electron chi connectivity index (χ3n) is 2.74. The summed E-state index contributed by atoms with van der Waals surface area (Å²) in [5.74, 6) is 2.28. The first-order valence-corrected chi connectivity index (χ1v) is 7.45. The number of nitrogens with one attached hydrogen (secondary N) is 1. The standard InChI is InChI=1S/C12H15BrFNS/c13-11-4-3-9(6-12(11)14)7-15-10-2-1-5-16-8-10/h3-4,6,10,15H,1-2,5,7-8H2. The Hall–Kier alpha value is -0.0600. The number of thioether (sulfide) groups is 1. The lowest BCUT2D eigenvalue weighted by atomic mass is 10.1. The molecule has 1 nitrogen and oxygen atoms in total. The molecule has 0 spiro atoms. The molecule has 1 N–H and O–H groups in total. The first kappa shape index (κ1) is 12.4. The summed E-state index contributed by atoms with van der Waals surface area (Å²) >= 11 is 5.16. The number of halogens is 2. The minimum Gasteiger partial charge on any atom is -0.309 e. The van der Waals surface area contributed by atoms with Gasteiger partial charge in [0.15, 0.2) is 0 Å². The molecule has 4 heteroatoms. The van der Waals surface area contributed by atoms with Crippen LogP contribution in [0.15, 0.2) is 22.7 Å². The minimum atomic E-state index is -0.183. The van der Waals surface area contributed by atoms with Crippen LogP contribution in [0, 0.1) is 5.82 Å². The second-order valence-corrected chi connectivity index (χ2v) is 6.05. The zero-order chi connectivity index (χ0) is 11.4. The summed E-state index contributed by atoms with van der Waals surface area (Å²) < 4.78 is 13.8. The molecule has 1 aromatic rings. The number of hydrogen-bond donors (Lipinski definition) is 1. The molecule has 88 valence electrons. The van der Waals surface area contributed by atoms with E-state index in [0.717, 1.165) is 12.1 Å². The van der Waals surface area contributed by atoms with Gasteiger partial charge in [-0.25, -0.2) is 4.39 Å². The van der Waals surface area contributed by atoms with E-state index < -0.39 is 0 Å². The van der Waals surface area contributed by atoms with Gasteiger partial charge in [0.05, 0.1) is 4.47 Å². The molecule has 0 bridgehead atoms. The summed E-state index contributed by atoms with van der Waals surface area (Å²) in [6.07, 6.45) is 2.53. The van der Waals surface area contributed by atoms with Crippen molar-refractivity contribution >= 4 is 27.7 Å². The van der Waals surface area contributed by atoms with E-state index in [1.807, 2.05) is 17.8 Å². The molecule has 1 saturated heterocycles. The van der Waals surface area contributed by atoms with E-state index >= 15 is 0 Å². The first-order valence-electron chi connectivity index (χ1n) is 5.51. The van der Waals surface area contributed by atoms with Gasteiger partial charge in [-0.2, -0.15) is 11.8 Å². The fourth-order valence-electron chi connectivity index (χ4n) is 1.81. The Morgan fingerprint density at radius 1 is 1.50 bits per heavy atom. The average Bonchev–Trinajstić information content (AvgIpc) is 2.32. The van der Waals surface area contributed by atoms with E-state index in [9.17, 15) is 4.39 Å². The molecular formula is C12H15BrFNS. The van der Waals surface area contributed by atoms with Crippen LogP contribution in [0.4, 0.5) is 4.39 Å². The summed E-state index contributed by atoms with van der Waals surface area (Å²) in [5, 5.41) is 3.48. The van der Waals surface area contributed by atoms with E-state index in [1.165, 1.54) is 24.3 Å². The average molecular weight is 304 g/mol. The molecule has 0 aliphatic carbocycles. The topological polar surface area (TPSA) is 12.0 Å². The second-order valence-electron chi connectivity index (χ2n) is 4.04. The van der Waals surface area contributed by atoms with Gasteiger partial charge in [0.25, 0.3) is 0 Å². The Balaban J connectivity index is 1.86. The Morgan fingerprint density at radius 3 is 3.06 bits per heavy atom. The van der Waals surface area contributed by atoms with Crippen LogP contribution in [0.5, 0.6) is 0 Å². The molecule has 16 heavy (non-hydrogen) atoms. The summed E-state index contributed by atoms with van der Waals surface area (Å²) in [6.45, 7) is 0.759. The van der Waals surface area contributed by atoms with E-state index in [0.29, 0.717) is 10.5 Å². The Labute approximate surface area is 108 Å². The molecule has 1 heterocycles. The quantitative estimate of drug-likeness (QED) is 0.916. The van der Waals surface area contributed by atoms with Gasteiger partial charge >= 0.3 is 0 Å². The van der Waals surface area contributed by atoms with Crippen LogP contribution < -0.4 is 5.32 Å². The van der Waals surface area contributed by atoms with Crippen molar-refractivity contribution < 1.29 is 4.39 Å². The highest BCUT2D eigenvalue weighted by molar-refractivity contribution is 9.10. The van der Waals surface area contributed by atoms with Crippen LogP contribution >= 0.6 is 27.7 Å². The lowest BCUT2D eigenvalue weighted by molar-refractivity contribution is 0.506. The van der Waals surface area contributed by atoms with E-state index in [-0.39, 0.29) is 5.82 Å². The van der Waals surface area contributed by atoms with Crippen molar-refractivity contribution in [3.8, 4) is 0 Å². The molecule has 2 rings (SSSR count). The van der Waals surface area contributed by atoms with Gasteiger partial charge < -0.3 is 5.32 Å². The summed E-state index contributed by atoms with van der Waals surface area (Å²) in [5.41, 5.74) is 1.01. The zero-order valence-electron chi connectivity index (χ0n) is 9.01. The highest BCUT2D eigenvalue weighted by Crippen LogP contribution is 2.19. The molecule has 0 amide bonds. The monoisotopic (exact) mass is 303 g/mol. The molecule has 1 atom stereocenters. The predicted octanol–water partition coefficient (Wildman–Crippen LogP) is 3.57. The molecule has 1 aliphatic rings. The van der Waals surface area contributed by atoms with Crippen LogP contribution in [0.1, 0.15) is 18.4 Å². The number of hydrogen-bond acceptors (Lipinski definition) is 2. The van der Waals surface area contributed by atoms with Crippen molar-refractivity contribution in [2.75, 3.05) is 11.5 Å². The van der Waals surface area contributed by atoms with Crippen molar-refractivity contribution in [2.45, 2.75) is 25.4 Å². The molecule has 1 fully saturated rings. The highest BCUT2D eigenvalue weighted by Gasteiger charge is 2.12. The molecule has 1 aromatic carbocycles. The van der Waals surface area contributed by atoms with Crippen molar-refractivity contribution in [3.05, 3.63) is 34.1 Å². The van der Waals surface area contributed by atoms with Gasteiger partial charge in [-0.1, -0.05) is 6.07 Å². The van der Waals surface area contributed by atoms with Crippen LogP contribution in [0.3, 0.4) is 0 Å². The summed E-state index contributed by atoms with van der Waals surface area (Å²) in [6, 6.07) is 5.90. The summed E-state index contributed by atoms with van der Waals surface area (Å²) in [7, 11) is 0. The van der Waals surface area contributed by atoms with Crippen molar-refractivity contribution in [1.82, 2.24) is 5.32 Å². The third kappa shape index (κ3) is 3.47. The molecule has 1 aliphatic heterocycles. The van der Waals surface area contributed by atoms with Gasteiger partial charge in [0.2, 0.25) is 0 Å². The van der Waals surface area contributed by atoms with Gasteiger partial charge in [-0.05, 0) is 52.2 Å². The predicted molar refractivity (Wildman–Crippen MR) is 71.3 cm³/mol. The van der Waals surface area contributed by atoms with Crippen LogP contribution in [0.2, 0.25) is 0 Å². The van der Waals surface area contributed by atoms with Gasteiger partial charge in [0, 0.05) is 18.3 Å². The SMILES string of the molecule is Fc1cc(CNC2CCCSC2)ccc1Br. The molecule has 1 unspecified atom stereocenters. The van der Waals surface area contributed by atoms with Gasteiger partial charge in [0.1, 0.15) is 5.82 Å². The zero-order valence-corrected chi connectivity index (χ0v) is 11.4. The Bertz CT molecular complexity index is 353. The summed E-state index contributed by atoms with van der Waals surface area (Å²) in [4.78, 5) is 0. The second kappa shape index (κ2) is 6.03. The maximum Gasteiger partial charge on any atom is 0.137 e. The lowest BCUT2D eigenvalue weighted by Gasteiger charge is -2.22. The lowest BCUT2D eigenvalue weighted by Crippen LogP contribution is -2.33. The molecule has 0 aromatic heterocycles. The maximum absolute atomic E-state index is 13.3. The normalized spacial score (nSPS) is 21.0. The van der Waals surface area contributed by atoms with Gasteiger partial charge in [-0.15, -0.1) is 0 Å². The maximum atomic E-state index is 13.3. The van der Waals surface area contributed by atoms with Crippen LogP contribution in [0.25, 0.3) is 0 Å². The largest absolute Gasteiger partial charge is 0.309 e. The van der Waals surface area contributed by atoms with Gasteiger partial charge in [-0.3, -0.25) is 0 Å². The smallest absolute Gasteiger partial charge is 0.137 e. The van der Waals surface area contributed by atoms with E-state index in [1.54, 1.807) is 12.1 Å². The van der Waals surface area contributed by atoms with E-state index in [2.05, 4.69) is 21.2 Å². The first-order chi connectivity index (χ1) is 7.75. The van der Waals surface area contributed by atoms with E-state index in [4.69, 9.17) is 0 Å². The minimum absolute atomic E-state index is 0.183. The Morgan fingerprint density at radius 2 is 2.38 bits per heavy atom. The van der Waals surface area contributed by atoms with Crippen LogP contribution in [-0.4, -0.2) is 17.5 Å². The van der Waals surface area contributed by atoms with Crippen LogP contribution in [-0.2, 0) is 6.54 Å².